The standard InChI is InChI=1S/C20H19Cl2N5O3S/c1-27-17(10-18(28)23-13-6-7-15(21)16(22)9-13)25-26-20(27)31-11-19(29)24-12-4-3-5-14(8-12)30-2/h3-9H,10-11H2,1-2H3,(H,23,28)(H,24,29). The van der Waals surface area contributed by atoms with E-state index in [1.807, 2.05) is 0 Å². The first kappa shape index (κ1) is 22.9. The van der Waals surface area contributed by atoms with Crippen molar-refractivity contribution in [3.8, 4) is 5.75 Å². The van der Waals surface area contributed by atoms with Gasteiger partial charge in [-0.2, -0.15) is 0 Å². The molecule has 0 saturated carbocycles. The van der Waals surface area contributed by atoms with Crippen LogP contribution in [0.1, 0.15) is 5.82 Å². The number of nitrogens with one attached hydrogen (secondary N) is 2. The maximum absolute atomic E-state index is 12.3. The number of carbonyl (C=O) groups is 2. The molecule has 0 atom stereocenters. The van der Waals surface area contributed by atoms with E-state index < -0.39 is 0 Å². The van der Waals surface area contributed by atoms with Gasteiger partial charge in [0.05, 0.1) is 29.3 Å². The number of rotatable bonds is 8. The second-order valence-corrected chi connectivity index (χ2v) is 8.14. The molecule has 31 heavy (non-hydrogen) atoms. The second-order valence-electron chi connectivity index (χ2n) is 6.38. The monoisotopic (exact) mass is 479 g/mol. The third kappa shape index (κ3) is 6.36. The van der Waals surface area contributed by atoms with Crippen molar-refractivity contribution in [2.45, 2.75) is 11.6 Å². The first-order chi connectivity index (χ1) is 14.9. The minimum Gasteiger partial charge on any atom is -0.497 e. The molecule has 1 aromatic heterocycles. The molecule has 0 aliphatic rings. The number of methoxy groups -OCH3 is 1. The van der Waals surface area contributed by atoms with Crippen molar-refractivity contribution in [2.24, 2.45) is 7.05 Å². The number of thioether (sulfide) groups is 1. The third-order valence-electron chi connectivity index (χ3n) is 4.13. The third-order valence-corrected chi connectivity index (χ3v) is 5.89. The smallest absolute Gasteiger partial charge is 0.234 e. The Kier molecular flexibility index (Phi) is 7.78. The minimum atomic E-state index is -0.277. The lowest BCUT2D eigenvalue weighted by Crippen LogP contribution is -2.17. The molecule has 1 heterocycles. The topological polar surface area (TPSA) is 98.1 Å². The Morgan fingerprint density at radius 2 is 1.77 bits per heavy atom. The zero-order valence-corrected chi connectivity index (χ0v) is 19.0. The lowest BCUT2D eigenvalue weighted by molar-refractivity contribution is -0.116. The number of anilines is 2. The summed E-state index contributed by atoms with van der Waals surface area (Å²) in [5, 5.41) is 14.9. The summed E-state index contributed by atoms with van der Waals surface area (Å²) in [6.07, 6.45) is 0.0142. The molecule has 0 unspecified atom stereocenters. The number of hydrogen-bond acceptors (Lipinski definition) is 6. The minimum absolute atomic E-state index is 0.0142. The maximum Gasteiger partial charge on any atom is 0.234 e. The molecular weight excluding hydrogens is 461 g/mol. The average Bonchev–Trinajstić information content (AvgIpc) is 3.08. The Labute approximate surface area is 193 Å². The number of aromatic nitrogens is 3. The fourth-order valence-corrected chi connectivity index (χ4v) is 3.60. The highest BCUT2D eigenvalue weighted by molar-refractivity contribution is 7.99. The van der Waals surface area contributed by atoms with Crippen LogP contribution in [0.4, 0.5) is 11.4 Å². The molecule has 0 aliphatic carbocycles. The average molecular weight is 480 g/mol. The van der Waals surface area contributed by atoms with Gasteiger partial charge in [0.2, 0.25) is 11.8 Å². The Bertz CT molecular complexity index is 1110. The van der Waals surface area contributed by atoms with Gasteiger partial charge < -0.3 is 19.9 Å². The first-order valence-corrected chi connectivity index (χ1v) is 10.8. The van der Waals surface area contributed by atoms with E-state index in [1.165, 1.54) is 11.8 Å². The van der Waals surface area contributed by atoms with Gasteiger partial charge in [0.25, 0.3) is 0 Å². The van der Waals surface area contributed by atoms with Crippen LogP contribution in [0.25, 0.3) is 0 Å². The number of amides is 2. The van der Waals surface area contributed by atoms with Crippen LogP contribution >= 0.6 is 35.0 Å². The molecule has 2 N–H and O–H groups in total. The van der Waals surface area contributed by atoms with Gasteiger partial charge in [0.1, 0.15) is 11.6 Å². The Morgan fingerprint density at radius 3 is 2.52 bits per heavy atom. The van der Waals surface area contributed by atoms with Gasteiger partial charge >= 0.3 is 0 Å². The van der Waals surface area contributed by atoms with Crippen LogP contribution in [0, 0.1) is 0 Å². The quantitative estimate of drug-likeness (QED) is 0.473. The van der Waals surface area contributed by atoms with Gasteiger partial charge in [-0.25, -0.2) is 0 Å². The molecule has 0 aliphatic heterocycles. The van der Waals surface area contributed by atoms with Crippen molar-refractivity contribution in [3.63, 3.8) is 0 Å². The predicted octanol–water partition coefficient (Wildman–Crippen LogP) is 4.04. The highest BCUT2D eigenvalue weighted by atomic mass is 35.5. The van der Waals surface area contributed by atoms with Crippen molar-refractivity contribution >= 4 is 58.2 Å². The van der Waals surface area contributed by atoms with Gasteiger partial charge in [-0.1, -0.05) is 41.0 Å². The molecular formula is C20H19Cl2N5O3S. The maximum atomic E-state index is 12.3. The molecule has 0 saturated heterocycles. The highest BCUT2D eigenvalue weighted by Crippen LogP contribution is 2.25. The van der Waals surface area contributed by atoms with E-state index >= 15 is 0 Å². The van der Waals surface area contributed by atoms with Crippen LogP contribution in [-0.4, -0.2) is 39.4 Å². The Hall–Kier alpha value is -2.75. The fraction of sp³-hybridized carbons (Fsp3) is 0.200. The van der Waals surface area contributed by atoms with Gasteiger partial charge in [-0.05, 0) is 30.3 Å². The summed E-state index contributed by atoms with van der Waals surface area (Å²) in [5.74, 6) is 0.788. The number of benzene rings is 2. The largest absolute Gasteiger partial charge is 0.497 e. The van der Waals surface area contributed by atoms with Gasteiger partial charge in [0, 0.05) is 24.5 Å². The molecule has 2 aromatic carbocycles. The summed E-state index contributed by atoms with van der Waals surface area (Å²) in [7, 11) is 3.30. The number of nitrogens with zero attached hydrogens (tertiary/aromatic N) is 3. The molecule has 11 heteroatoms. The SMILES string of the molecule is COc1cccc(NC(=O)CSc2nnc(CC(=O)Nc3ccc(Cl)c(Cl)c3)n2C)c1. The summed E-state index contributed by atoms with van der Waals surface area (Å²) in [6, 6.07) is 11.9. The normalized spacial score (nSPS) is 10.6. The van der Waals surface area contributed by atoms with Gasteiger partial charge in [-0.15, -0.1) is 10.2 Å². The van der Waals surface area contributed by atoms with Crippen molar-refractivity contribution in [1.82, 2.24) is 14.8 Å². The number of carbonyl (C=O) groups excluding carboxylic acids is 2. The molecule has 0 bridgehead atoms. The molecule has 0 spiro atoms. The van der Waals surface area contributed by atoms with Crippen LogP contribution in [0.5, 0.6) is 5.75 Å². The van der Waals surface area contributed by atoms with Crippen molar-refractivity contribution in [3.05, 3.63) is 58.3 Å². The zero-order chi connectivity index (χ0) is 22.4. The lowest BCUT2D eigenvalue weighted by Gasteiger charge is -2.08. The van der Waals surface area contributed by atoms with E-state index in [0.29, 0.717) is 38.2 Å². The van der Waals surface area contributed by atoms with E-state index in [-0.39, 0.29) is 24.0 Å². The second kappa shape index (κ2) is 10.5. The summed E-state index contributed by atoms with van der Waals surface area (Å²) in [4.78, 5) is 24.5. The van der Waals surface area contributed by atoms with Crippen LogP contribution < -0.4 is 15.4 Å². The van der Waals surface area contributed by atoms with Crippen LogP contribution in [0.3, 0.4) is 0 Å². The molecule has 162 valence electrons. The van der Waals surface area contributed by atoms with Gasteiger partial charge in [-0.3, -0.25) is 9.59 Å². The first-order valence-electron chi connectivity index (χ1n) is 9.05. The predicted molar refractivity (Wildman–Crippen MR) is 122 cm³/mol. The molecule has 2 amide bonds. The molecule has 0 fully saturated rings. The Balaban J connectivity index is 1.53. The van der Waals surface area contributed by atoms with Crippen molar-refractivity contribution in [1.29, 1.82) is 0 Å². The zero-order valence-electron chi connectivity index (χ0n) is 16.7. The number of ether oxygens (including phenoxy) is 1. The van der Waals surface area contributed by atoms with Gasteiger partial charge in [0.15, 0.2) is 5.16 Å². The van der Waals surface area contributed by atoms with Crippen LogP contribution in [0.2, 0.25) is 10.0 Å². The van der Waals surface area contributed by atoms with Crippen molar-refractivity contribution in [2.75, 3.05) is 23.5 Å². The van der Waals surface area contributed by atoms with E-state index in [2.05, 4.69) is 20.8 Å². The summed E-state index contributed by atoms with van der Waals surface area (Å²) >= 11 is 13.1. The van der Waals surface area contributed by atoms with E-state index in [9.17, 15) is 9.59 Å². The van der Waals surface area contributed by atoms with E-state index in [4.69, 9.17) is 27.9 Å². The Morgan fingerprint density at radius 1 is 1.03 bits per heavy atom. The molecule has 8 nitrogen and oxygen atoms in total. The van der Waals surface area contributed by atoms with Crippen molar-refractivity contribution < 1.29 is 14.3 Å². The van der Waals surface area contributed by atoms with E-state index in [0.717, 1.165) is 0 Å². The highest BCUT2D eigenvalue weighted by Gasteiger charge is 2.15. The number of halogens is 2. The van der Waals surface area contributed by atoms with Crippen LogP contribution in [0.15, 0.2) is 47.6 Å². The molecule has 0 radical (unpaired) electrons. The summed E-state index contributed by atoms with van der Waals surface area (Å²) in [6.45, 7) is 0. The fourth-order valence-electron chi connectivity index (χ4n) is 2.58. The lowest BCUT2D eigenvalue weighted by atomic mass is 10.3. The van der Waals surface area contributed by atoms with Crippen LogP contribution in [-0.2, 0) is 23.1 Å². The molecule has 3 rings (SSSR count). The number of hydrogen-bond donors (Lipinski definition) is 2. The summed E-state index contributed by atoms with van der Waals surface area (Å²) < 4.78 is 6.82. The van der Waals surface area contributed by atoms with E-state index in [1.54, 1.807) is 61.2 Å². The molecule has 3 aromatic rings. The summed E-state index contributed by atoms with van der Waals surface area (Å²) in [5.41, 5.74) is 1.17.